The minimum Gasteiger partial charge on any atom is -0.220 e. The van der Waals surface area contributed by atoms with Crippen LogP contribution < -0.4 is 0 Å². The van der Waals surface area contributed by atoms with Crippen LogP contribution in [0.25, 0.3) is 11.3 Å². The molecule has 0 N–H and O–H groups in total. The van der Waals surface area contributed by atoms with Crippen LogP contribution in [0.3, 0.4) is 0 Å². The van der Waals surface area contributed by atoms with E-state index < -0.39 is 11.6 Å². The molecule has 0 aliphatic rings. The first kappa shape index (κ1) is 9.92. The van der Waals surface area contributed by atoms with Gasteiger partial charge in [-0.1, -0.05) is 11.6 Å². The van der Waals surface area contributed by atoms with Gasteiger partial charge in [0.05, 0.1) is 0 Å². The van der Waals surface area contributed by atoms with Gasteiger partial charge in [0, 0.05) is 5.56 Å². The first-order valence-electron chi connectivity index (χ1n) is 3.97. The summed E-state index contributed by atoms with van der Waals surface area (Å²) in [6.07, 6.45) is 1.13. The Bertz CT molecular complexity index is 504. The molecule has 0 spiro atoms. The summed E-state index contributed by atoms with van der Waals surface area (Å²) in [6, 6.07) is 3.00. The lowest BCUT2D eigenvalue weighted by Gasteiger charge is -2.02. The van der Waals surface area contributed by atoms with Crippen molar-refractivity contribution in [2.75, 3.05) is 0 Å². The molecule has 0 unspecified atom stereocenters. The van der Waals surface area contributed by atoms with Crippen molar-refractivity contribution in [3.8, 4) is 11.3 Å². The van der Waals surface area contributed by atoms with Crippen LogP contribution in [-0.2, 0) is 0 Å². The summed E-state index contributed by atoms with van der Waals surface area (Å²) in [5, 5.41) is 7.04. The van der Waals surface area contributed by atoms with Crippen LogP contribution in [0, 0.1) is 11.6 Å². The average molecular weight is 228 g/mol. The highest BCUT2D eigenvalue weighted by molar-refractivity contribution is 6.31. The Morgan fingerprint density at radius 1 is 1.20 bits per heavy atom. The van der Waals surface area contributed by atoms with Gasteiger partial charge in [0.1, 0.15) is 23.7 Å². The number of rotatable bonds is 1. The maximum Gasteiger partial charge on any atom is 0.159 e. The topological polar surface area (TPSA) is 38.7 Å². The van der Waals surface area contributed by atoms with Gasteiger partial charge in [-0.15, -0.1) is 10.2 Å². The molecule has 76 valence electrons. The molecule has 2 aromatic rings. The fraction of sp³-hybridized carbons (Fsp3) is 0. The average Bonchev–Trinajstić information content (AvgIpc) is 2.23. The molecular weight excluding hydrogens is 224 g/mol. The Hall–Kier alpha value is -1.62. The summed E-state index contributed by atoms with van der Waals surface area (Å²) < 4.78 is 26.2. The monoisotopic (exact) mass is 227 g/mol. The van der Waals surface area contributed by atoms with E-state index in [1.807, 2.05) is 0 Å². The second-order valence-electron chi connectivity index (χ2n) is 2.72. The van der Waals surface area contributed by atoms with Crippen LogP contribution in [0.5, 0.6) is 0 Å². The predicted octanol–water partition coefficient (Wildman–Crippen LogP) is 2.47. The van der Waals surface area contributed by atoms with Crippen molar-refractivity contribution in [3.05, 3.63) is 41.3 Å². The van der Waals surface area contributed by atoms with Crippen molar-refractivity contribution < 1.29 is 8.78 Å². The van der Waals surface area contributed by atoms with Crippen molar-refractivity contribution in [2.45, 2.75) is 0 Å². The third-order valence-corrected chi connectivity index (χ3v) is 2.04. The van der Waals surface area contributed by atoms with Crippen LogP contribution in [0.15, 0.2) is 24.5 Å². The molecule has 0 fully saturated rings. The van der Waals surface area contributed by atoms with Gasteiger partial charge in [-0.3, -0.25) is 0 Å². The highest BCUT2D eigenvalue weighted by Gasteiger charge is 2.12. The van der Waals surface area contributed by atoms with Gasteiger partial charge < -0.3 is 0 Å². The Morgan fingerprint density at radius 2 is 2.00 bits per heavy atom. The third-order valence-electron chi connectivity index (χ3n) is 1.76. The van der Waals surface area contributed by atoms with E-state index in [1.54, 1.807) is 0 Å². The van der Waals surface area contributed by atoms with Gasteiger partial charge in [0.25, 0.3) is 0 Å². The molecule has 0 saturated carbocycles. The molecule has 15 heavy (non-hydrogen) atoms. The summed E-state index contributed by atoms with van der Waals surface area (Å²) >= 11 is 5.68. The van der Waals surface area contributed by atoms with E-state index in [1.165, 1.54) is 0 Å². The molecule has 3 nitrogen and oxygen atoms in total. The molecule has 0 amide bonds. The maximum atomic E-state index is 13.3. The van der Waals surface area contributed by atoms with Gasteiger partial charge in [-0.25, -0.2) is 13.8 Å². The molecule has 1 heterocycles. The number of benzene rings is 1. The molecule has 0 aliphatic carbocycles. The lowest BCUT2D eigenvalue weighted by Crippen LogP contribution is -1.94. The predicted molar refractivity (Wildman–Crippen MR) is 50.2 cm³/mol. The van der Waals surface area contributed by atoms with Gasteiger partial charge in [0.2, 0.25) is 0 Å². The van der Waals surface area contributed by atoms with Gasteiger partial charge >= 0.3 is 0 Å². The van der Waals surface area contributed by atoms with E-state index in [-0.39, 0.29) is 16.4 Å². The second kappa shape index (κ2) is 3.86. The highest BCUT2D eigenvalue weighted by Crippen LogP contribution is 2.25. The van der Waals surface area contributed by atoms with Gasteiger partial charge in [-0.2, -0.15) is 0 Å². The largest absolute Gasteiger partial charge is 0.220 e. The molecule has 0 atom stereocenters. The zero-order valence-corrected chi connectivity index (χ0v) is 8.04. The Kier molecular flexibility index (Phi) is 2.55. The fourth-order valence-electron chi connectivity index (χ4n) is 1.11. The Morgan fingerprint density at radius 3 is 2.73 bits per heavy atom. The highest BCUT2D eigenvalue weighted by atomic mass is 35.5. The van der Waals surface area contributed by atoms with E-state index in [2.05, 4.69) is 15.2 Å². The summed E-state index contributed by atoms with van der Waals surface area (Å²) in [4.78, 5) is 3.63. The number of nitrogens with zero attached hydrogens (tertiary/aromatic N) is 3. The summed E-state index contributed by atoms with van der Waals surface area (Å²) in [5.41, 5.74) is -0.0308. The molecule has 1 aromatic heterocycles. The maximum absolute atomic E-state index is 13.3. The normalized spacial score (nSPS) is 10.3. The smallest absolute Gasteiger partial charge is 0.159 e. The van der Waals surface area contributed by atoms with E-state index in [0.29, 0.717) is 0 Å². The van der Waals surface area contributed by atoms with E-state index in [9.17, 15) is 8.78 Å². The third kappa shape index (κ3) is 1.92. The standard InChI is InChI=1S/C9H4ClF2N3/c10-9-8(15-14-4-13-9)6-3-5(11)1-2-7(6)12/h1-4H. The van der Waals surface area contributed by atoms with Crippen molar-refractivity contribution in [1.29, 1.82) is 0 Å². The molecular formula is C9H4ClF2N3. The Labute approximate surface area is 88.8 Å². The van der Waals surface area contributed by atoms with E-state index in [4.69, 9.17) is 11.6 Å². The van der Waals surface area contributed by atoms with E-state index >= 15 is 0 Å². The first-order chi connectivity index (χ1) is 7.18. The minimum absolute atomic E-state index is 0.0190. The number of aromatic nitrogens is 3. The molecule has 0 bridgehead atoms. The quantitative estimate of drug-likeness (QED) is 0.751. The van der Waals surface area contributed by atoms with Crippen molar-refractivity contribution in [2.24, 2.45) is 0 Å². The van der Waals surface area contributed by atoms with Crippen LogP contribution in [0.1, 0.15) is 0 Å². The molecule has 0 aliphatic heterocycles. The van der Waals surface area contributed by atoms with Crippen LogP contribution in [0.2, 0.25) is 5.15 Å². The zero-order chi connectivity index (χ0) is 10.8. The lowest BCUT2D eigenvalue weighted by atomic mass is 10.1. The SMILES string of the molecule is Fc1ccc(F)c(-c2nncnc2Cl)c1. The van der Waals surface area contributed by atoms with Crippen molar-refractivity contribution in [3.63, 3.8) is 0 Å². The fourth-order valence-corrected chi connectivity index (χ4v) is 1.29. The summed E-state index contributed by atoms with van der Waals surface area (Å²) in [5.74, 6) is -1.20. The number of hydrogen-bond acceptors (Lipinski definition) is 3. The van der Waals surface area contributed by atoms with Crippen LogP contribution in [0.4, 0.5) is 8.78 Å². The lowest BCUT2D eigenvalue weighted by molar-refractivity contribution is 0.602. The Balaban J connectivity index is 2.64. The second-order valence-corrected chi connectivity index (χ2v) is 3.08. The summed E-state index contributed by atoms with van der Waals surface area (Å²) in [7, 11) is 0. The van der Waals surface area contributed by atoms with Gasteiger partial charge in [0.15, 0.2) is 5.15 Å². The first-order valence-corrected chi connectivity index (χ1v) is 4.35. The zero-order valence-electron chi connectivity index (χ0n) is 7.28. The number of halogens is 3. The summed E-state index contributed by atoms with van der Waals surface area (Å²) in [6.45, 7) is 0. The van der Waals surface area contributed by atoms with Crippen LogP contribution >= 0.6 is 11.6 Å². The van der Waals surface area contributed by atoms with Gasteiger partial charge in [-0.05, 0) is 18.2 Å². The van der Waals surface area contributed by atoms with E-state index in [0.717, 1.165) is 24.5 Å². The number of hydrogen-bond donors (Lipinski definition) is 0. The molecule has 2 rings (SSSR count). The van der Waals surface area contributed by atoms with Crippen molar-refractivity contribution >= 4 is 11.6 Å². The molecule has 1 aromatic carbocycles. The molecule has 6 heteroatoms. The van der Waals surface area contributed by atoms with Crippen LogP contribution in [-0.4, -0.2) is 15.2 Å². The molecule has 0 saturated heterocycles. The minimum atomic E-state index is -0.624. The molecule has 0 radical (unpaired) electrons. The van der Waals surface area contributed by atoms with Crippen molar-refractivity contribution in [1.82, 2.24) is 15.2 Å².